The predicted octanol–water partition coefficient (Wildman–Crippen LogP) is 4.81. The lowest BCUT2D eigenvalue weighted by Gasteiger charge is -2.15. The highest BCUT2D eigenvalue weighted by Crippen LogP contribution is 2.38. The maximum absolute atomic E-state index is 13.1. The maximum Gasteiger partial charge on any atom is 0.418 e. The van der Waals surface area contributed by atoms with Crippen molar-refractivity contribution in [3.63, 3.8) is 0 Å². The average molecular weight is 441 g/mol. The number of para-hydroxylation sites is 1. The van der Waals surface area contributed by atoms with Crippen LogP contribution in [0.3, 0.4) is 0 Å². The number of hydrogen-bond acceptors (Lipinski definition) is 4. The molecule has 0 spiro atoms. The second kappa shape index (κ2) is 8.87. The van der Waals surface area contributed by atoms with Crippen molar-refractivity contribution >= 4 is 35.0 Å². The minimum Gasteiger partial charge on any atom is -0.324 e. The molecular weight excluding hydrogens is 425 g/mol. The van der Waals surface area contributed by atoms with Crippen LogP contribution in [0.25, 0.3) is 0 Å². The molecule has 0 saturated carbocycles. The first-order valence-corrected chi connectivity index (χ1v) is 9.82. The third-order valence-corrected chi connectivity index (χ3v) is 5.38. The Balaban J connectivity index is 1.65. The van der Waals surface area contributed by atoms with Crippen LogP contribution in [0.4, 0.5) is 18.9 Å². The summed E-state index contributed by atoms with van der Waals surface area (Å²) in [5.74, 6) is -0.0504. The van der Waals surface area contributed by atoms with Crippen molar-refractivity contribution in [1.29, 1.82) is 0 Å². The van der Waals surface area contributed by atoms with Gasteiger partial charge in [0.15, 0.2) is 5.16 Å². The van der Waals surface area contributed by atoms with E-state index in [4.69, 9.17) is 11.6 Å². The molecule has 29 heavy (non-hydrogen) atoms. The number of carbonyl (C=O) groups is 1. The molecule has 1 heterocycles. The number of nitrogens with one attached hydrogen (secondary N) is 1. The largest absolute Gasteiger partial charge is 0.418 e. The minimum absolute atomic E-state index is 0.139. The number of anilines is 1. The Labute approximate surface area is 174 Å². The Kier molecular flexibility index (Phi) is 6.49. The van der Waals surface area contributed by atoms with E-state index in [9.17, 15) is 18.0 Å². The molecule has 0 radical (unpaired) electrons. The fourth-order valence-corrected chi connectivity index (χ4v) is 3.55. The van der Waals surface area contributed by atoms with Gasteiger partial charge in [-0.3, -0.25) is 4.79 Å². The van der Waals surface area contributed by atoms with Gasteiger partial charge in [0.05, 0.1) is 22.0 Å². The molecule has 0 aliphatic heterocycles. The molecule has 0 aliphatic carbocycles. The lowest BCUT2D eigenvalue weighted by atomic mass is 10.1. The standard InChI is InChI=1S/C19H16ClF3N4OS/c1-27-15(10-12-6-3-2-4-7-12)25-26-18(27)29-11-16(28)24-17-13(19(21,22)23)8-5-9-14(17)20/h2-9H,10-11H2,1H3,(H,24,28). The topological polar surface area (TPSA) is 59.8 Å². The van der Waals surface area contributed by atoms with Gasteiger partial charge >= 0.3 is 6.18 Å². The molecule has 10 heteroatoms. The van der Waals surface area contributed by atoms with E-state index in [2.05, 4.69) is 15.5 Å². The molecular formula is C19H16ClF3N4OS. The summed E-state index contributed by atoms with van der Waals surface area (Å²) in [5.41, 5.74) is -0.377. The summed E-state index contributed by atoms with van der Waals surface area (Å²) in [5, 5.41) is 10.7. The number of nitrogens with zero attached hydrogens (tertiary/aromatic N) is 3. The fraction of sp³-hybridized carbons (Fsp3) is 0.211. The van der Waals surface area contributed by atoms with E-state index < -0.39 is 23.3 Å². The zero-order valence-corrected chi connectivity index (χ0v) is 16.8. The van der Waals surface area contributed by atoms with Gasteiger partial charge in [-0.1, -0.05) is 59.8 Å². The Hall–Kier alpha value is -2.52. The van der Waals surface area contributed by atoms with Crippen molar-refractivity contribution in [1.82, 2.24) is 14.8 Å². The van der Waals surface area contributed by atoms with Crippen LogP contribution in [0, 0.1) is 0 Å². The van der Waals surface area contributed by atoms with Gasteiger partial charge in [0.2, 0.25) is 5.91 Å². The van der Waals surface area contributed by atoms with Gasteiger partial charge in [0.25, 0.3) is 0 Å². The molecule has 0 atom stereocenters. The summed E-state index contributed by atoms with van der Waals surface area (Å²) < 4.78 is 41.1. The zero-order valence-electron chi connectivity index (χ0n) is 15.2. The van der Waals surface area contributed by atoms with Gasteiger partial charge in [-0.2, -0.15) is 13.2 Å². The third kappa shape index (κ3) is 5.30. The van der Waals surface area contributed by atoms with E-state index in [1.165, 1.54) is 12.1 Å². The third-order valence-electron chi connectivity index (χ3n) is 4.05. The molecule has 0 unspecified atom stereocenters. The second-order valence-electron chi connectivity index (χ2n) is 6.12. The normalized spacial score (nSPS) is 11.5. The van der Waals surface area contributed by atoms with Crippen LogP contribution in [0.1, 0.15) is 17.0 Å². The summed E-state index contributed by atoms with van der Waals surface area (Å²) >= 11 is 6.93. The van der Waals surface area contributed by atoms with Crippen molar-refractivity contribution < 1.29 is 18.0 Å². The van der Waals surface area contributed by atoms with Gasteiger partial charge in [-0.15, -0.1) is 10.2 Å². The molecule has 2 aromatic carbocycles. The lowest BCUT2D eigenvalue weighted by Crippen LogP contribution is -2.18. The van der Waals surface area contributed by atoms with Crippen molar-refractivity contribution in [2.45, 2.75) is 17.8 Å². The zero-order chi connectivity index (χ0) is 21.0. The van der Waals surface area contributed by atoms with Gasteiger partial charge < -0.3 is 9.88 Å². The first kappa shape index (κ1) is 21.2. The predicted molar refractivity (Wildman–Crippen MR) is 106 cm³/mol. The molecule has 0 aliphatic rings. The van der Waals surface area contributed by atoms with Gasteiger partial charge in [-0.05, 0) is 17.7 Å². The highest BCUT2D eigenvalue weighted by molar-refractivity contribution is 7.99. The van der Waals surface area contributed by atoms with Crippen molar-refractivity contribution in [3.8, 4) is 0 Å². The van der Waals surface area contributed by atoms with Crippen molar-refractivity contribution in [2.24, 2.45) is 7.05 Å². The Morgan fingerprint density at radius 2 is 1.86 bits per heavy atom. The van der Waals surface area contributed by atoms with Crippen LogP contribution in [-0.4, -0.2) is 26.4 Å². The quantitative estimate of drug-likeness (QED) is 0.559. The summed E-state index contributed by atoms with van der Waals surface area (Å²) in [4.78, 5) is 12.2. The summed E-state index contributed by atoms with van der Waals surface area (Å²) in [6.45, 7) is 0. The Morgan fingerprint density at radius 1 is 1.14 bits per heavy atom. The lowest BCUT2D eigenvalue weighted by molar-refractivity contribution is -0.137. The minimum atomic E-state index is -4.63. The van der Waals surface area contributed by atoms with E-state index in [-0.39, 0.29) is 10.8 Å². The molecule has 152 valence electrons. The van der Waals surface area contributed by atoms with E-state index in [1.807, 2.05) is 30.3 Å². The highest BCUT2D eigenvalue weighted by Gasteiger charge is 2.34. The monoisotopic (exact) mass is 440 g/mol. The van der Waals surface area contributed by atoms with Crippen molar-refractivity contribution in [2.75, 3.05) is 11.1 Å². The number of rotatable bonds is 6. The molecule has 0 saturated heterocycles. The van der Waals surface area contributed by atoms with Crippen LogP contribution in [0.5, 0.6) is 0 Å². The summed E-state index contributed by atoms with van der Waals surface area (Å²) in [6, 6.07) is 13.1. The molecule has 0 fully saturated rings. The van der Waals surface area contributed by atoms with E-state index in [0.717, 1.165) is 23.4 Å². The molecule has 1 aromatic heterocycles. The number of aromatic nitrogens is 3. The molecule has 1 N–H and O–H groups in total. The smallest absolute Gasteiger partial charge is 0.324 e. The van der Waals surface area contributed by atoms with E-state index in [0.29, 0.717) is 17.4 Å². The molecule has 3 rings (SSSR count). The number of thioether (sulfide) groups is 1. The van der Waals surface area contributed by atoms with Crippen LogP contribution in [-0.2, 0) is 24.4 Å². The number of amides is 1. The Bertz CT molecular complexity index is 1010. The van der Waals surface area contributed by atoms with Gasteiger partial charge in [-0.25, -0.2) is 0 Å². The average Bonchev–Trinajstić information content (AvgIpc) is 3.01. The number of carbonyl (C=O) groups excluding carboxylic acids is 1. The number of halogens is 4. The molecule has 5 nitrogen and oxygen atoms in total. The van der Waals surface area contributed by atoms with Crippen LogP contribution in [0.2, 0.25) is 5.02 Å². The highest BCUT2D eigenvalue weighted by atomic mass is 35.5. The number of alkyl halides is 3. The van der Waals surface area contributed by atoms with Crippen molar-refractivity contribution in [3.05, 3.63) is 70.5 Å². The van der Waals surface area contributed by atoms with E-state index >= 15 is 0 Å². The number of hydrogen-bond donors (Lipinski definition) is 1. The number of benzene rings is 2. The van der Waals surface area contributed by atoms with Crippen LogP contribution in [0.15, 0.2) is 53.7 Å². The van der Waals surface area contributed by atoms with Gasteiger partial charge in [0, 0.05) is 13.5 Å². The van der Waals surface area contributed by atoms with Gasteiger partial charge in [0.1, 0.15) is 5.82 Å². The Morgan fingerprint density at radius 3 is 2.55 bits per heavy atom. The summed E-state index contributed by atoms with van der Waals surface area (Å²) in [6.07, 6.45) is -4.05. The van der Waals surface area contributed by atoms with Crippen LogP contribution < -0.4 is 5.32 Å². The fourth-order valence-electron chi connectivity index (χ4n) is 2.60. The molecule has 1 amide bonds. The molecule has 0 bridgehead atoms. The summed E-state index contributed by atoms with van der Waals surface area (Å²) in [7, 11) is 1.77. The molecule has 3 aromatic rings. The maximum atomic E-state index is 13.1. The SMILES string of the molecule is Cn1c(Cc2ccccc2)nnc1SCC(=O)Nc1c(Cl)cccc1C(F)(F)F. The van der Waals surface area contributed by atoms with Crippen LogP contribution >= 0.6 is 23.4 Å². The first-order chi connectivity index (χ1) is 13.8. The van der Waals surface area contributed by atoms with E-state index in [1.54, 1.807) is 11.6 Å². The second-order valence-corrected chi connectivity index (χ2v) is 7.47. The first-order valence-electron chi connectivity index (χ1n) is 8.46.